The monoisotopic (exact) mass is 312 g/mol. The summed E-state index contributed by atoms with van der Waals surface area (Å²) >= 11 is 0. The van der Waals surface area contributed by atoms with Crippen LogP contribution in [-0.2, 0) is 14.4 Å². The molecule has 0 radical (unpaired) electrons. The van der Waals surface area contributed by atoms with Crippen LogP contribution in [-0.4, -0.2) is 61.9 Å². The highest BCUT2D eigenvalue weighted by molar-refractivity contribution is 5.91. The van der Waals surface area contributed by atoms with Crippen molar-refractivity contribution >= 4 is 17.7 Å². The highest BCUT2D eigenvalue weighted by Gasteiger charge is 2.27. The van der Waals surface area contributed by atoms with Gasteiger partial charge in [-0.2, -0.15) is 0 Å². The van der Waals surface area contributed by atoms with Crippen LogP contribution in [0.4, 0.5) is 0 Å². The van der Waals surface area contributed by atoms with Crippen LogP contribution in [0.15, 0.2) is 0 Å². The molecule has 2 atom stereocenters. The number of likely N-dealkylation sites (N-methyl/N-ethyl adjacent to an activating group) is 1. The average molecular weight is 312 g/mol. The van der Waals surface area contributed by atoms with Crippen molar-refractivity contribution in [2.45, 2.75) is 45.2 Å². The van der Waals surface area contributed by atoms with Crippen molar-refractivity contribution < 1.29 is 14.4 Å². The molecule has 0 aromatic carbocycles. The standard InChI is InChI=1S/C15H28N4O3/c1-10(2)8-12(14(21)17-9-13(20)19(3)4)18-15(22)11-6-5-7-16-11/h10-12,16H,5-9H2,1-4H3,(H,17,21)(H,18,22). The number of carbonyl (C=O) groups excluding carboxylic acids is 3. The van der Waals surface area contributed by atoms with Gasteiger partial charge in [-0.05, 0) is 31.7 Å². The predicted octanol–water partition coefficient (Wildman–Crippen LogP) is -0.526. The zero-order valence-corrected chi connectivity index (χ0v) is 13.9. The van der Waals surface area contributed by atoms with E-state index in [-0.39, 0.29) is 36.2 Å². The van der Waals surface area contributed by atoms with Gasteiger partial charge < -0.3 is 20.9 Å². The van der Waals surface area contributed by atoms with E-state index in [0.717, 1.165) is 19.4 Å². The maximum Gasteiger partial charge on any atom is 0.243 e. The summed E-state index contributed by atoms with van der Waals surface area (Å²) in [6.07, 6.45) is 2.30. The molecule has 7 heteroatoms. The minimum Gasteiger partial charge on any atom is -0.347 e. The van der Waals surface area contributed by atoms with Gasteiger partial charge in [-0.15, -0.1) is 0 Å². The molecule has 126 valence electrons. The van der Waals surface area contributed by atoms with E-state index >= 15 is 0 Å². The number of carbonyl (C=O) groups is 3. The normalized spacial score (nSPS) is 18.9. The predicted molar refractivity (Wildman–Crippen MR) is 84.1 cm³/mol. The third kappa shape index (κ3) is 6.01. The Morgan fingerprint density at radius 3 is 2.45 bits per heavy atom. The SMILES string of the molecule is CC(C)CC(NC(=O)C1CCCN1)C(=O)NCC(=O)N(C)C. The van der Waals surface area contributed by atoms with E-state index in [1.165, 1.54) is 4.90 Å². The van der Waals surface area contributed by atoms with Crippen LogP contribution in [0, 0.1) is 5.92 Å². The van der Waals surface area contributed by atoms with Gasteiger partial charge in [0.1, 0.15) is 6.04 Å². The molecule has 3 N–H and O–H groups in total. The molecular formula is C15H28N4O3. The lowest BCUT2D eigenvalue weighted by Gasteiger charge is -2.22. The van der Waals surface area contributed by atoms with E-state index in [4.69, 9.17) is 0 Å². The smallest absolute Gasteiger partial charge is 0.243 e. The molecule has 1 rings (SSSR count). The Morgan fingerprint density at radius 1 is 1.27 bits per heavy atom. The van der Waals surface area contributed by atoms with Gasteiger partial charge in [0.25, 0.3) is 0 Å². The third-order valence-corrected chi connectivity index (χ3v) is 3.63. The summed E-state index contributed by atoms with van der Waals surface area (Å²) in [5.74, 6) is -0.370. The zero-order chi connectivity index (χ0) is 16.7. The summed E-state index contributed by atoms with van der Waals surface area (Å²) < 4.78 is 0. The number of hydrogen-bond donors (Lipinski definition) is 3. The van der Waals surface area contributed by atoms with Crippen molar-refractivity contribution in [1.82, 2.24) is 20.9 Å². The van der Waals surface area contributed by atoms with E-state index in [9.17, 15) is 14.4 Å². The quantitative estimate of drug-likeness (QED) is 0.590. The fraction of sp³-hybridized carbons (Fsp3) is 0.800. The van der Waals surface area contributed by atoms with Crippen molar-refractivity contribution in [1.29, 1.82) is 0 Å². The molecule has 0 spiro atoms. The number of hydrogen-bond acceptors (Lipinski definition) is 4. The third-order valence-electron chi connectivity index (χ3n) is 3.63. The fourth-order valence-corrected chi connectivity index (χ4v) is 2.33. The summed E-state index contributed by atoms with van der Waals surface area (Å²) in [7, 11) is 3.27. The van der Waals surface area contributed by atoms with Crippen LogP contribution in [0.1, 0.15) is 33.1 Å². The molecule has 0 saturated carbocycles. The van der Waals surface area contributed by atoms with Gasteiger partial charge in [0, 0.05) is 14.1 Å². The Labute approximate surface area is 132 Å². The zero-order valence-electron chi connectivity index (χ0n) is 13.9. The number of rotatable bonds is 7. The van der Waals surface area contributed by atoms with Gasteiger partial charge in [0.15, 0.2) is 0 Å². The molecule has 1 aliphatic heterocycles. The molecular weight excluding hydrogens is 284 g/mol. The van der Waals surface area contributed by atoms with E-state index in [0.29, 0.717) is 6.42 Å². The molecule has 1 heterocycles. The van der Waals surface area contributed by atoms with Gasteiger partial charge in [0.05, 0.1) is 12.6 Å². The van der Waals surface area contributed by atoms with Gasteiger partial charge in [-0.1, -0.05) is 13.8 Å². The van der Waals surface area contributed by atoms with Crippen molar-refractivity contribution in [3.05, 3.63) is 0 Å². The largest absolute Gasteiger partial charge is 0.347 e. The second kappa shape index (κ2) is 8.73. The Bertz CT molecular complexity index is 404. The lowest BCUT2D eigenvalue weighted by Crippen LogP contribution is -2.53. The molecule has 1 saturated heterocycles. The summed E-state index contributed by atoms with van der Waals surface area (Å²) in [4.78, 5) is 37.4. The molecule has 22 heavy (non-hydrogen) atoms. The Hall–Kier alpha value is -1.63. The number of amides is 3. The van der Waals surface area contributed by atoms with Crippen molar-refractivity contribution in [2.75, 3.05) is 27.2 Å². The summed E-state index contributed by atoms with van der Waals surface area (Å²) in [6.45, 7) is 4.75. The first-order valence-electron chi connectivity index (χ1n) is 7.83. The molecule has 0 aliphatic carbocycles. The summed E-state index contributed by atoms with van der Waals surface area (Å²) in [5.41, 5.74) is 0. The minimum absolute atomic E-state index is 0.0576. The molecule has 0 aromatic heterocycles. The lowest BCUT2D eigenvalue weighted by atomic mass is 10.0. The Balaban J connectivity index is 2.56. The number of nitrogens with zero attached hydrogens (tertiary/aromatic N) is 1. The van der Waals surface area contributed by atoms with Gasteiger partial charge in [-0.3, -0.25) is 14.4 Å². The lowest BCUT2D eigenvalue weighted by molar-refractivity contribution is -0.133. The molecule has 2 unspecified atom stereocenters. The van der Waals surface area contributed by atoms with E-state index in [1.807, 2.05) is 13.8 Å². The fourth-order valence-electron chi connectivity index (χ4n) is 2.33. The van der Waals surface area contributed by atoms with E-state index in [2.05, 4.69) is 16.0 Å². The first-order chi connectivity index (χ1) is 10.3. The van der Waals surface area contributed by atoms with Crippen LogP contribution in [0.2, 0.25) is 0 Å². The van der Waals surface area contributed by atoms with E-state index < -0.39 is 6.04 Å². The van der Waals surface area contributed by atoms with Crippen molar-refractivity contribution in [3.8, 4) is 0 Å². The van der Waals surface area contributed by atoms with Crippen molar-refractivity contribution in [2.24, 2.45) is 5.92 Å². The van der Waals surface area contributed by atoms with Crippen LogP contribution in [0.25, 0.3) is 0 Å². The van der Waals surface area contributed by atoms with Crippen molar-refractivity contribution in [3.63, 3.8) is 0 Å². The highest BCUT2D eigenvalue weighted by Crippen LogP contribution is 2.08. The van der Waals surface area contributed by atoms with Gasteiger partial charge >= 0.3 is 0 Å². The molecule has 3 amide bonds. The summed E-state index contributed by atoms with van der Waals surface area (Å²) in [6, 6.07) is -0.823. The van der Waals surface area contributed by atoms with Crippen LogP contribution < -0.4 is 16.0 Å². The minimum atomic E-state index is -0.607. The van der Waals surface area contributed by atoms with E-state index in [1.54, 1.807) is 14.1 Å². The second-order valence-corrected chi connectivity index (χ2v) is 6.35. The summed E-state index contributed by atoms with van der Waals surface area (Å²) in [5, 5.41) is 8.52. The molecule has 7 nitrogen and oxygen atoms in total. The van der Waals surface area contributed by atoms with Gasteiger partial charge in [-0.25, -0.2) is 0 Å². The Morgan fingerprint density at radius 2 is 1.95 bits per heavy atom. The Kier molecular flexibility index (Phi) is 7.31. The first-order valence-corrected chi connectivity index (χ1v) is 7.83. The van der Waals surface area contributed by atoms with Gasteiger partial charge in [0.2, 0.25) is 17.7 Å². The van der Waals surface area contributed by atoms with Crippen LogP contribution in [0.5, 0.6) is 0 Å². The maximum absolute atomic E-state index is 12.2. The van der Waals surface area contributed by atoms with Crippen LogP contribution >= 0.6 is 0 Å². The highest BCUT2D eigenvalue weighted by atomic mass is 16.2. The molecule has 0 aromatic rings. The topological polar surface area (TPSA) is 90.5 Å². The number of nitrogens with one attached hydrogen (secondary N) is 3. The van der Waals surface area contributed by atoms with Crippen LogP contribution in [0.3, 0.4) is 0 Å². The maximum atomic E-state index is 12.2. The second-order valence-electron chi connectivity index (χ2n) is 6.35. The molecule has 1 aliphatic rings. The molecule has 0 bridgehead atoms. The average Bonchev–Trinajstić information content (AvgIpc) is 2.97. The molecule has 1 fully saturated rings. The first kappa shape index (κ1) is 18.4.